The number of halogens is 1. The fourth-order valence-electron chi connectivity index (χ4n) is 0.959. The molecule has 0 saturated heterocycles. The van der Waals surface area contributed by atoms with Crippen LogP contribution in [-0.4, -0.2) is 11.4 Å². The highest BCUT2D eigenvalue weighted by Gasteiger charge is 2.08. The van der Waals surface area contributed by atoms with Crippen LogP contribution >= 0.6 is 11.6 Å². The Balaban J connectivity index is 3.09. The molecule has 0 heterocycles. The molecule has 3 heteroatoms. The molecular formula is C9H9ClO2. The van der Waals surface area contributed by atoms with Crippen LogP contribution < -0.4 is 0 Å². The molecule has 0 aliphatic heterocycles. The molecule has 0 aromatic heterocycles. The molecular weight excluding hydrogens is 176 g/mol. The number of benzene rings is 1. The number of hydrogen-bond donors (Lipinski definition) is 1. The molecule has 0 spiro atoms. The van der Waals surface area contributed by atoms with Crippen LogP contribution in [0.1, 0.15) is 18.4 Å². The number of hydrogen-bond acceptors (Lipinski definition) is 2. The van der Waals surface area contributed by atoms with Crippen LogP contribution in [0.15, 0.2) is 18.2 Å². The average Bonchev–Trinajstić information content (AvgIpc) is 2.03. The largest absolute Gasteiger partial charge is 0.508 e. The van der Waals surface area contributed by atoms with Crippen LogP contribution in [0.5, 0.6) is 5.75 Å². The molecule has 12 heavy (non-hydrogen) atoms. The summed E-state index contributed by atoms with van der Waals surface area (Å²) in [5.41, 5.74) is 0.740. The van der Waals surface area contributed by atoms with Crippen LogP contribution in [-0.2, 0) is 4.79 Å². The van der Waals surface area contributed by atoms with Gasteiger partial charge in [0.25, 0.3) is 0 Å². The zero-order chi connectivity index (χ0) is 9.14. The molecule has 1 atom stereocenters. The topological polar surface area (TPSA) is 37.3 Å². The van der Waals surface area contributed by atoms with E-state index in [-0.39, 0.29) is 11.7 Å². The zero-order valence-electron chi connectivity index (χ0n) is 6.62. The molecule has 64 valence electrons. The Labute approximate surface area is 75.8 Å². The third kappa shape index (κ3) is 1.77. The lowest BCUT2D eigenvalue weighted by atomic mass is 10.0. The van der Waals surface area contributed by atoms with Crippen LogP contribution in [0.2, 0.25) is 5.02 Å². The highest BCUT2D eigenvalue weighted by molar-refractivity contribution is 6.31. The molecule has 1 rings (SSSR count). The van der Waals surface area contributed by atoms with Crippen molar-refractivity contribution in [1.29, 1.82) is 0 Å². The number of phenols is 1. The van der Waals surface area contributed by atoms with Crippen LogP contribution in [0, 0.1) is 0 Å². The summed E-state index contributed by atoms with van der Waals surface area (Å²) in [6, 6.07) is 4.59. The van der Waals surface area contributed by atoms with E-state index in [1.165, 1.54) is 12.1 Å². The minimum atomic E-state index is -0.224. The second-order valence-corrected chi connectivity index (χ2v) is 3.04. The third-order valence-corrected chi connectivity index (χ3v) is 2.01. The van der Waals surface area contributed by atoms with Gasteiger partial charge in [-0.2, -0.15) is 0 Å². The van der Waals surface area contributed by atoms with Crippen LogP contribution in [0.4, 0.5) is 0 Å². The van der Waals surface area contributed by atoms with E-state index in [9.17, 15) is 4.79 Å². The molecule has 2 nitrogen and oxygen atoms in total. The summed E-state index contributed by atoms with van der Waals surface area (Å²) in [5.74, 6) is -0.111. The fourth-order valence-corrected chi connectivity index (χ4v) is 1.31. The number of carbonyl (C=O) groups is 1. The van der Waals surface area contributed by atoms with Gasteiger partial charge in [-0.05, 0) is 17.7 Å². The predicted molar refractivity (Wildman–Crippen MR) is 47.6 cm³/mol. The first-order valence-corrected chi connectivity index (χ1v) is 3.96. The van der Waals surface area contributed by atoms with Crippen molar-refractivity contribution in [2.24, 2.45) is 0 Å². The van der Waals surface area contributed by atoms with E-state index in [4.69, 9.17) is 16.7 Å². The number of phenolic OH excluding ortho intramolecular Hbond substituents is 1. The lowest BCUT2D eigenvalue weighted by Crippen LogP contribution is -1.94. The van der Waals surface area contributed by atoms with Crippen molar-refractivity contribution in [2.75, 3.05) is 0 Å². The van der Waals surface area contributed by atoms with E-state index in [1.807, 2.05) is 0 Å². The number of rotatable bonds is 2. The standard InChI is InChI=1S/C9H9ClO2/c1-6(5-11)8-3-2-7(12)4-9(8)10/h2-6,12H,1H3. The Kier molecular flexibility index (Phi) is 2.71. The quantitative estimate of drug-likeness (QED) is 0.717. The molecule has 0 aliphatic rings. The van der Waals surface area contributed by atoms with Gasteiger partial charge in [-0.25, -0.2) is 0 Å². The van der Waals surface area contributed by atoms with Gasteiger partial charge in [-0.15, -0.1) is 0 Å². The van der Waals surface area contributed by atoms with Crippen molar-refractivity contribution < 1.29 is 9.90 Å². The van der Waals surface area contributed by atoms with Gasteiger partial charge >= 0.3 is 0 Å². The summed E-state index contributed by atoms with van der Waals surface area (Å²) in [5, 5.41) is 9.44. The predicted octanol–water partition coefficient (Wildman–Crippen LogP) is 2.35. The van der Waals surface area contributed by atoms with E-state index >= 15 is 0 Å². The van der Waals surface area contributed by atoms with Gasteiger partial charge in [-0.3, -0.25) is 0 Å². The molecule has 0 fully saturated rings. The first kappa shape index (κ1) is 9.07. The fraction of sp³-hybridized carbons (Fsp3) is 0.222. The smallest absolute Gasteiger partial charge is 0.127 e. The summed E-state index contributed by atoms with van der Waals surface area (Å²) < 4.78 is 0. The van der Waals surface area contributed by atoms with Crippen molar-refractivity contribution in [2.45, 2.75) is 12.8 Å². The second-order valence-electron chi connectivity index (χ2n) is 2.63. The van der Waals surface area contributed by atoms with E-state index < -0.39 is 0 Å². The molecule has 1 unspecified atom stereocenters. The first-order valence-electron chi connectivity index (χ1n) is 3.59. The maximum absolute atomic E-state index is 10.4. The third-order valence-electron chi connectivity index (χ3n) is 1.68. The second kappa shape index (κ2) is 3.59. The minimum Gasteiger partial charge on any atom is -0.508 e. The Bertz CT molecular complexity index is 297. The number of carbonyl (C=O) groups excluding carboxylic acids is 1. The highest BCUT2D eigenvalue weighted by Crippen LogP contribution is 2.26. The van der Waals surface area contributed by atoms with Crippen LogP contribution in [0.25, 0.3) is 0 Å². The maximum atomic E-state index is 10.4. The summed E-state index contributed by atoms with van der Waals surface area (Å²) in [7, 11) is 0. The zero-order valence-corrected chi connectivity index (χ0v) is 7.38. The van der Waals surface area contributed by atoms with Gasteiger partial charge in [-0.1, -0.05) is 24.6 Å². The van der Waals surface area contributed by atoms with Gasteiger partial charge in [0.05, 0.1) is 0 Å². The van der Waals surface area contributed by atoms with Crippen molar-refractivity contribution in [3.8, 4) is 5.75 Å². The van der Waals surface area contributed by atoms with Crippen molar-refractivity contribution in [3.63, 3.8) is 0 Å². The molecule has 0 radical (unpaired) electrons. The van der Waals surface area contributed by atoms with E-state index in [2.05, 4.69) is 0 Å². The molecule has 0 aliphatic carbocycles. The number of aromatic hydroxyl groups is 1. The van der Waals surface area contributed by atoms with Gasteiger partial charge in [0, 0.05) is 10.9 Å². The lowest BCUT2D eigenvalue weighted by Gasteiger charge is -2.06. The normalized spacial score (nSPS) is 12.5. The Hall–Kier alpha value is -1.02. The summed E-state index contributed by atoms with van der Waals surface area (Å²) in [6.45, 7) is 1.76. The summed E-state index contributed by atoms with van der Waals surface area (Å²) in [6.07, 6.45) is 0.818. The summed E-state index contributed by atoms with van der Waals surface area (Å²) in [4.78, 5) is 10.4. The van der Waals surface area contributed by atoms with E-state index in [1.54, 1.807) is 13.0 Å². The minimum absolute atomic E-state index is 0.113. The molecule has 1 aromatic carbocycles. The van der Waals surface area contributed by atoms with Crippen molar-refractivity contribution >= 4 is 17.9 Å². The average molecular weight is 185 g/mol. The molecule has 0 amide bonds. The lowest BCUT2D eigenvalue weighted by molar-refractivity contribution is -0.108. The van der Waals surface area contributed by atoms with Crippen molar-refractivity contribution in [3.05, 3.63) is 28.8 Å². The first-order chi connectivity index (χ1) is 5.65. The summed E-state index contributed by atoms with van der Waals surface area (Å²) >= 11 is 5.78. The molecule has 0 saturated carbocycles. The SMILES string of the molecule is CC(C=O)c1ccc(O)cc1Cl. The molecule has 0 bridgehead atoms. The molecule has 1 N–H and O–H groups in total. The number of aldehydes is 1. The van der Waals surface area contributed by atoms with Gasteiger partial charge in [0.1, 0.15) is 12.0 Å². The van der Waals surface area contributed by atoms with Gasteiger partial charge in [0.15, 0.2) is 0 Å². The van der Waals surface area contributed by atoms with Gasteiger partial charge < -0.3 is 9.90 Å². The maximum Gasteiger partial charge on any atom is 0.127 e. The van der Waals surface area contributed by atoms with Crippen LogP contribution in [0.3, 0.4) is 0 Å². The van der Waals surface area contributed by atoms with E-state index in [0.29, 0.717) is 5.02 Å². The molecule has 1 aromatic rings. The van der Waals surface area contributed by atoms with Crippen molar-refractivity contribution in [1.82, 2.24) is 0 Å². The Morgan fingerprint density at radius 2 is 2.25 bits per heavy atom. The monoisotopic (exact) mass is 184 g/mol. The van der Waals surface area contributed by atoms with Gasteiger partial charge in [0.2, 0.25) is 0 Å². The highest BCUT2D eigenvalue weighted by atomic mass is 35.5. The Morgan fingerprint density at radius 3 is 2.75 bits per heavy atom. The van der Waals surface area contributed by atoms with E-state index in [0.717, 1.165) is 11.8 Å². The Morgan fingerprint density at radius 1 is 1.58 bits per heavy atom.